The molecule has 11 heteroatoms. The van der Waals surface area contributed by atoms with E-state index in [0.717, 1.165) is 10.8 Å². The molecule has 1 amide bonds. The number of H-pyrrole nitrogens is 1. The van der Waals surface area contributed by atoms with E-state index in [1.165, 1.54) is 0 Å². The van der Waals surface area contributed by atoms with Crippen molar-refractivity contribution in [2.75, 3.05) is 13.4 Å². The zero-order valence-electron chi connectivity index (χ0n) is 11.2. The van der Waals surface area contributed by atoms with Gasteiger partial charge in [0.05, 0.1) is 6.61 Å². The van der Waals surface area contributed by atoms with E-state index in [4.69, 9.17) is 15.6 Å². The minimum atomic E-state index is -1.52. The fraction of sp³-hybridized carbons (Fsp3) is 0.545. The molecule has 11 nitrogen and oxygen atoms in total. The zero-order valence-corrected chi connectivity index (χ0v) is 11.2. The summed E-state index contributed by atoms with van der Waals surface area (Å²) in [6.07, 6.45) is -4.43. The van der Waals surface area contributed by atoms with Crippen LogP contribution in [0, 0.1) is 0 Å². The minimum absolute atomic E-state index is 0.230. The molecule has 0 aromatic carbocycles. The van der Waals surface area contributed by atoms with Crippen molar-refractivity contribution < 1.29 is 29.6 Å². The van der Waals surface area contributed by atoms with Gasteiger partial charge in [-0.15, -0.1) is 0 Å². The van der Waals surface area contributed by atoms with E-state index in [1.54, 1.807) is 0 Å². The van der Waals surface area contributed by atoms with Crippen molar-refractivity contribution >= 4 is 5.91 Å². The van der Waals surface area contributed by atoms with Crippen LogP contribution in [0.1, 0.15) is 16.6 Å². The molecule has 6 N–H and O–H groups in total. The standard InChI is InChI=1S/C11H15N3O8/c12-8(18)4-1-14(11(20)13-9(4)19)10-7(17)6(16)5(22-10)2-21-3-15/h1,5-7,10,15-17H,2-3H2,(H2,12,18)(H,13,19,20)/t5-,6-,7-,10-/m1/s1. The molecule has 2 heterocycles. The lowest BCUT2D eigenvalue weighted by molar-refractivity contribution is -0.0938. The molecule has 1 fully saturated rings. The van der Waals surface area contributed by atoms with Crippen molar-refractivity contribution in [3.05, 3.63) is 32.6 Å². The topological polar surface area (TPSA) is 177 Å². The Morgan fingerprint density at radius 1 is 1.41 bits per heavy atom. The van der Waals surface area contributed by atoms with Gasteiger partial charge in [-0.3, -0.25) is 19.1 Å². The number of rotatable bonds is 5. The first kappa shape index (κ1) is 16.3. The highest BCUT2D eigenvalue weighted by molar-refractivity contribution is 5.91. The number of nitrogens with two attached hydrogens (primary N) is 1. The van der Waals surface area contributed by atoms with E-state index in [-0.39, 0.29) is 6.61 Å². The van der Waals surface area contributed by atoms with Crippen molar-refractivity contribution in [3.63, 3.8) is 0 Å². The summed E-state index contributed by atoms with van der Waals surface area (Å²) in [7, 11) is 0. The Morgan fingerprint density at radius 2 is 2.09 bits per heavy atom. The molecule has 1 saturated heterocycles. The Bertz CT molecular complexity index is 668. The van der Waals surface area contributed by atoms with Crippen LogP contribution in [-0.2, 0) is 9.47 Å². The Morgan fingerprint density at radius 3 is 2.68 bits per heavy atom. The number of aromatic amines is 1. The first-order valence-electron chi connectivity index (χ1n) is 6.22. The summed E-state index contributed by atoms with van der Waals surface area (Å²) >= 11 is 0. The van der Waals surface area contributed by atoms with E-state index in [0.29, 0.717) is 0 Å². The summed E-state index contributed by atoms with van der Waals surface area (Å²) < 4.78 is 10.7. The maximum Gasteiger partial charge on any atom is 0.330 e. The second-order valence-corrected chi connectivity index (χ2v) is 4.62. The monoisotopic (exact) mass is 317 g/mol. The molecular weight excluding hydrogens is 302 g/mol. The van der Waals surface area contributed by atoms with E-state index >= 15 is 0 Å². The third kappa shape index (κ3) is 2.93. The van der Waals surface area contributed by atoms with E-state index in [1.807, 2.05) is 4.98 Å². The molecule has 2 rings (SSSR count). The smallest absolute Gasteiger partial charge is 0.330 e. The van der Waals surface area contributed by atoms with Crippen LogP contribution < -0.4 is 17.0 Å². The number of carbonyl (C=O) groups excluding carboxylic acids is 1. The summed E-state index contributed by atoms with van der Waals surface area (Å²) in [5.41, 5.74) is 2.59. The lowest BCUT2D eigenvalue weighted by atomic mass is 10.1. The maximum atomic E-state index is 11.8. The number of hydrogen-bond acceptors (Lipinski definition) is 8. The second-order valence-electron chi connectivity index (χ2n) is 4.62. The Kier molecular flexibility index (Phi) is 4.73. The van der Waals surface area contributed by atoms with Gasteiger partial charge in [0, 0.05) is 6.20 Å². The van der Waals surface area contributed by atoms with Gasteiger partial charge in [0.1, 0.15) is 30.7 Å². The number of aliphatic hydroxyl groups excluding tert-OH is 3. The number of nitrogens with zero attached hydrogens (tertiary/aromatic N) is 1. The van der Waals surface area contributed by atoms with Crippen LogP contribution in [0.5, 0.6) is 0 Å². The molecule has 22 heavy (non-hydrogen) atoms. The summed E-state index contributed by atoms with van der Waals surface area (Å²) in [4.78, 5) is 36.2. The molecule has 122 valence electrons. The molecule has 0 radical (unpaired) electrons. The van der Waals surface area contributed by atoms with Gasteiger partial charge >= 0.3 is 5.69 Å². The van der Waals surface area contributed by atoms with Gasteiger partial charge in [-0.1, -0.05) is 0 Å². The third-order valence-electron chi connectivity index (χ3n) is 3.22. The fourth-order valence-electron chi connectivity index (χ4n) is 2.12. The second kappa shape index (κ2) is 6.37. The van der Waals surface area contributed by atoms with Gasteiger partial charge in [0.15, 0.2) is 6.23 Å². The van der Waals surface area contributed by atoms with E-state index in [2.05, 4.69) is 4.74 Å². The number of carbonyl (C=O) groups is 1. The Labute approximate surface area is 122 Å². The van der Waals surface area contributed by atoms with Crippen molar-refractivity contribution in [3.8, 4) is 0 Å². The minimum Gasteiger partial charge on any atom is -0.387 e. The van der Waals surface area contributed by atoms with Crippen molar-refractivity contribution in [1.82, 2.24) is 9.55 Å². The predicted molar refractivity (Wildman–Crippen MR) is 68.8 cm³/mol. The Balaban J connectivity index is 2.36. The van der Waals surface area contributed by atoms with Crippen LogP contribution in [0.3, 0.4) is 0 Å². The van der Waals surface area contributed by atoms with Gasteiger partial charge in [-0.2, -0.15) is 0 Å². The molecule has 0 saturated carbocycles. The average Bonchev–Trinajstić information content (AvgIpc) is 2.73. The molecule has 1 aromatic heterocycles. The summed E-state index contributed by atoms with van der Waals surface area (Å²) in [6, 6.07) is 0. The lowest BCUT2D eigenvalue weighted by Gasteiger charge is -2.17. The van der Waals surface area contributed by atoms with Gasteiger partial charge in [0.2, 0.25) is 0 Å². The van der Waals surface area contributed by atoms with Crippen LogP contribution in [0.15, 0.2) is 15.8 Å². The number of amides is 1. The molecule has 1 aliphatic rings. The number of aromatic nitrogens is 2. The van der Waals surface area contributed by atoms with Crippen molar-refractivity contribution in [2.45, 2.75) is 24.5 Å². The van der Waals surface area contributed by atoms with E-state index < -0.39 is 54.1 Å². The first-order valence-corrected chi connectivity index (χ1v) is 6.22. The summed E-state index contributed by atoms with van der Waals surface area (Å²) in [5.74, 6) is -1.07. The van der Waals surface area contributed by atoms with Crippen LogP contribution in [0.2, 0.25) is 0 Å². The van der Waals surface area contributed by atoms with Crippen LogP contribution in [0.4, 0.5) is 0 Å². The van der Waals surface area contributed by atoms with Crippen LogP contribution in [-0.4, -0.2) is 62.5 Å². The number of ether oxygens (including phenoxy) is 2. The molecule has 4 atom stereocenters. The van der Waals surface area contributed by atoms with Crippen LogP contribution in [0.25, 0.3) is 0 Å². The van der Waals surface area contributed by atoms with Crippen LogP contribution >= 0.6 is 0 Å². The predicted octanol–water partition coefficient (Wildman–Crippen LogP) is -3.78. The average molecular weight is 317 g/mol. The summed E-state index contributed by atoms with van der Waals surface area (Å²) in [6.45, 7) is -0.843. The lowest BCUT2D eigenvalue weighted by Crippen LogP contribution is -2.40. The highest BCUT2D eigenvalue weighted by Crippen LogP contribution is 2.28. The largest absolute Gasteiger partial charge is 0.387 e. The first-order chi connectivity index (χ1) is 10.4. The SMILES string of the molecule is NC(=O)c1cn([C@@H]2O[C@H](COCO)[C@@H](O)[C@H]2O)c(=O)[nH]c1=O. The maximum absolute atomic E-state index is 11.8. The molecule has 1 aliphatic heterocycles. The molecule has 1 aromatic rings. The van der Waals surface area contributed by atoms with Crippen molar-refractivity contribution in [2.24, 2.45) is 5.73 Å². The normalized spacial score (nSPS) is 28.0. The number of primary amides is 1. The van der Waals surface area contributed by atoms with Gasteiger partial charge in [-0.05, 0) is 0 Å². The Hall–Kier alpha value is -2.05. The van der Waals surface area contributed by atoms with E-state index in [9.17, 15) is 24.6 Å². The molecular formula is C11H15N3O8. The number of nitrogens with one attached hydrogen (secondary N) is 1. The quantitative estimate of drug-likeness (QED) is 0.343. The summed E-state index contributed by atoms with van der Waals surface area (Å²) in [5, 5.41) is 28.3. The molecule has 0 unspecified atom stereocenters. The molecule has 0 aliphatic carbocycles. The highest BCUT2D eigenvalue weighted by Gasteiger charge is 2.44. The third-order valence-corrected chi connectivity index (χ3v) is 3.22. The molecule has 0 bridgehead atoms. The highest BCUT2D eigenvalue weighted by atomic mass is 16.6. The fourth-order valence-corrected chi connectivity index (χ4v) is 2.12. The van der Waals surface area contributed by atoms with Gasteiger partial charge in [-0.25, -0.2) is 4.79 Å². The molecule has 0 spiro atoms. The number of hydrogen-bond donors (Lipinski definition) is 5. The van der Waals surface area contributed by atoms with Gasteiger partial charge < -0.3 is 30.5 Å². The number of aliphatic hydroxyl groups is 3. The van der Waals surface area contributed by atoms with Crippen molar-refractivity contribution in [1.29, 1.82) is 0 Å². The van der Waals surface area contributed by atoms with Gasteiger partial charge in [0.25, 0.3) is 11.5 Å². The zero-order chi connectivity index (χ0) is 16.4.